The number of nitrogens with two attached hydrogens (primary N) is 1. The second kappa shape index (κ2) is 6.12. The molecule has 0 saturated carbocycles. The average Bonchev–Trinajstić information content (AvgIpc) is 2.32. The van der Waals surface area contributed by atoms with E-state index >= 15 is 0 Å². The molecule has 0 radical (unpaired) electrons. The molecule has 5 nitrogen and oxygen atoms in total. The lowest BCUT2D eigenvalue weighted by Crippen LogP contribution is -2.44. The van der Waals surface area contributed by atoms with Crippen LogP contribution in [0.25, 0.3) is 0 Å². The highest BCUT2D eigenvalue weighted by molar-refractivity contribution is 5.80. The van der Waals surface area contributed by atoms with Crippen LogP contribution in [0, 0.1) is 11.6 Å². The van der Waals surface area contributed by atoms with Gasteiger partial charge in [-0.1, -0.05) is 0 Å². The summed E-state index contributed by atoms with van der Waals surface area (Å²) >= 11 is 0. The molecule has 17 heavy (non-hydrogen) atoms. The minimum Gasteiger partial charge on any atom is -0.478 e. The molecule has 0 aliphatic rings. The molecule has 0 saturated heterocycles. The molecule has 1 atom stereocenters. The Bertz CT molecular complexity index is 401. The first-order valence-electron chi connectivity index (χ1n) is 4.69. The van der Waals surface area contributed by atoms with Crippen LogP contribution in [0.3, 0.4) is 0 Å². The fourth-order valence-electron chi connectivity index (χ4n) is 1.12. The van der Waals surface area contributed by atoms with E-state index < -0.39 is 23.6 Å². The number of benzene rings is 1. The Kier molecular flexibility index (Phi) is 4.80. The maximum absolute atomic E-state index is 12.9. The van der Waals surface area contributed by atoms with Gasteiger partial charge in [-0.05, 0) is 12.1 Å². The van der Waals surface area contributed by atoms with Crippen molar-refractivity contribution in [3.63, 3.8) is 0 Å². The molecule has 0 aromatic heterocycles. The van der Waals surface area contributed by atoms with Gasteiger partial charge in [0.1, 0.15) is 5.75 Å². The van der Waals surface area contributed by atoms with Crippen molar-refractivity contribution in [3.8, 4) is 5.75 Å². The molecule has 0 spiro atoms. The topological polar surface area (TPSA) is 73.6 Å². The van der Waals surface area contributed by atoms with E-state index in [2.05, 4.69) is 0 Å². The second-order valence-corrected chi connectivity index (χ2v) is 3.15. The third-order valence-electron chi connectivity index (χ3n) is 1.92. The highest BCUT2D eigenvalue weighted by Crippen LogP contribution is 2.16. The van der Waals surface area contributed by atoms with Crippen molar-refractivity contribution in [2.24, 2.45) is 5.84 Å². The number of hydrogen-bond acceptors (Lipinski definition) is 4. The molecule has 0 bridgehead atoms. The predicted octanol–water partition coefficient (Wildman–Crippen LogP) is 0.349. The number of halogens is 2. The minimum absolute atomic E-state index is 0.00884. The summed E-state index contributed by atoms with van der Waals surface area (Å²) in [5, 5.41) is 0. The summed E-state index contributed by atoms with van der Waals surface area (Å²) in [7, 11) is 1.37. The van der Waals surface area contributed by atoms with Crippen LogP contribution in [-0.2, 0) is 9.53 Å². The van der Waals surface area contributed by atoms with Gasteiger partial charge in [-0.2, -0.15) is 0 Å². The first-order valence-corrected chi connectivity index (χ1v) is 4.69. The summed E-state index contributed by atoms with van der Waals surface area (Å²) in [4.78, 5) is 11.2. The smallest absolute Gasteiger partial charge is 0.277 e. The molecule has 7 heteroatoms. The average molecular weight is 246 g/mol. The zero-order valence-corrected chi connectivity index (χ0v) is 9.07. The SMILES string of the molecule is COCC(Oc1ccc(F)c(F)c1)C(=O)NN. The Hall–Kier alpha value is -1.73. The van der Waals surface area contributed by atoms with Gasteiger partial charge in [0, 0.05) is 13.2 Å². The van der Waals surface area contributed by atoms with Crippen molar-refractivity contribution in [1.82, 2.24) is 5.43 Å². The van der Waals surface area contributed by atoms with E-state index in [1.165, 1.54) is 13.2 Å². The van der Waals surface area contributed by atoms with Gasteiger partial charge in [0.25, 0.3) is 5.91 Å². The normalized spacial score (nSPS) is 12.0. The monoisotopic (exact) mass is 246 g/mol. The van der Waals surface area contributed by atoms with Crippen molar-refractivity contribution >= 4 is 5.91 Å². The first-order chi connectivity index (χ1) is 8.08. The van der Waals surface area contributed by atoms with Crippen LogP contribution < -0.4 is 16.0 Å². The van der Waals surface area contributed by atoms with E-state index in [9.17, 15) is 13.6 Å². The van der Waals surface area contributed by atoms with Crippen LogP contribution in [0.5, 0.6) is 5.75 Å². The second-order valence-electron chi connectivity index (χ2n) is 3.15. The fraction of sp³-hybridized carbons (Fsp3) is 0.300. The number of rotatable bonds is 5. The number of hydrazine groups is 1. The van der Waals surface area contributed by atoms with Gasteiger partial charge < -0.3 is 9.47 Å². The molecule has 0 aliphatic heterocycles. The molecule has 1 aromatic rings. The van der Waals surface area contributed by atoms with Crippen LogP contribution >= 0.6 is 0 Å². The molecule has 1 amide bonds. The number of nitrogens with one attached hydrogen (secondary N) is 1. The molecule has 0 fully saturated rings. The summed E-state index contributed by atoms with van der Waals surface area (Å²) in [5.74, 6) is 2.26. The van der Waals surface area contributed by atoms with Crippen LogP contribution in [0.2, 0.25) is 0 Å². The predicted molar refractivity (Wildman–Crippen MR) is 55.0 cm³/mol. The van der Waals surface area contributed by atoms with E-state index in [-0.39, 0.29) is 12.4 Å². The van der Waals surface area contributed by atoms with Crippen LogP contribution in [0.15, 0.2) is 18.2 Å². The van der Waals surface area contributed by atoms with Crippen molar-refractivity contribution < 1.29 is 23.0 Å². The molecule has 1 rings (SSSR count). The van der Waals surface area contributed by atoms with Gasteiger partial charge in [-0.15, -0.1) is 0 Å². The molecule has 0 heterocycles. The van der Waals surface area contributed by atoms with Crippen molar-refractivity contribution in [2.75, 3.05) is 13.7 Å². The lowest BCUT2D eigenvalue weighted by molar-refractivity contribution is -0.130. The quantitative estimate of drug-likeness (QED) is 0.446. The Balaban J connectivity index is 2.78. The van der Waals surface area contributed by atoms with Crippen molar-refractivity contribution in [3.05, 3.63) is 29.8 Å². The number of ether oxygens (including phenoxy) is 2. The van der Waals surface area contributed by atoms with Gasteiger partial charge in [0.2, 0.25) is 6.10 Å². The van der Waals surface area contributed by atoms with E-state index in [1.807, 2.05) is 5.43 Å². The Morgan fingerprint density at radius 3 is 2.71 bits per heavy atom. The summed E-state index contributed by atoms with van der Waals surface area (Å²) < 4.78 is 35.4. The standard InChI is InChI=1S/C10H12F2N2O3/c1-16-5-9(10(15)14-13)17-6-2-3-7(11)8(12)4-6/h2-4,9H,5,13H2,1H3,(H,14,15). The number of hydrogen-bond donors (Lipinski definition) is 2. The van der Waals surface area contributed by atoms with Crippen LogP contribution in [0.1, 0.15) is 0 Å². The van der Waals surface area contributed by atoms with Gasteiger partial charge in [-0.3, -0.25) is 10.2 Å². The third kappa shape index (κ3) is 3.65. The Labute approximate surface area is 96.5 Å². The van der Waals surface area contributed by atoms with E-state index in [0.717, 1.165) is 12.1 Å². The first kappa shape index (κ1) is 13.3. The van der Waals surface area contributed by atoms with Gasteiger partial charge in [0.05, 0.1) is 6.61 Å². The summed E-state index contributed by atoms with van der Waals surface area (Å²) in [6.45, 7) is -0.0674. The highest BCUT2D eigenvalue weighted by atomic mass is 19.2. The van der Waals surface area contributed by atoms with E-state index in [1.54, 1.807) is 0 Å². The number of carbonyl (C=O) groups is 1. The minimum atomic E-state index is -1.06. The molecule has 3 N–H and O–H groups in total. The molecular weight excluding hydrogens is 234 g/mol. The lowest BCUT2D eigenvalue weighted by atomic mass is 10.3. The van der Waals surface area contributed by atoms with Crippen LogP contribution in [0.4, 0.5) is 8.78 Å². The summed E-state index contributed by atoms with van der Waals surface area (Å²) in [6, 6.07) is 2.93. The van der Waals surface area contributed by atoms with Gasteiger partial charge >= 0.3 is 0 Å². The van der Waals surface area contributed by atoms with Crippen molar-refractivity contribution in [2.45, 2.75) is 6.10 Å². The lowest BCUT2D eigenvalue weighted by Gasteiger charge is -2.16. The van der Waals surface area contributed by atoms with E-state index in [0.29, 0.717) is 0 Å². The van der Waals surface area contributed by atoms with Crippen molar-refractivity contribution in [1.29, 1.82) is 0 Å². The molecular formula is C10H12F2N2O3. The third-order valence-corrected chi connectivity index (χ3v) is 1.92. The summed E-state index contributed by atoms with van der Waals surface area (Å²) in [6.07, 6.45) is -1.03. The zero-order valence-electron chi connectivity index (χ0n) is 9.07. The molecule has 94 valence electrons. The van der Waals surface area contributed by atoms with Crippen LogP contribution in [-0.4, -0.2) is 25.7 Å². The fourth-order valence-corrected chi connectivity index (χ4v) is 1.12. The molecule has 1 unspecified atom stereocenters. The Morgan fingerprint density at radius 1 is 1.47 bits per heavy atom. The Morgan fingerprint density at radius 2 is 2.18 bits per heavy atom. The molecule has 1 aromatic carbocycles. The maximum atomic E-state index is 12.9. The summed E-state index contributed by atoms with van der Waals surface area (Å²) in [5.41, 5.74) is 1.88. The number of carbonyl (C=O) groups excluding carboxylic acids is 1. The molecule has 0 aliphatic carbocycles. The number of amides is 1. The largest absolute Gasteiger partial charge is 0.478 e. The zero-order chi connectivity index (χ0) is 12.8. The van der Waals surface area contributed by atoms with Gasteiger partial charge in [-0.25, -0.2) is 14.6 Å². The highest BCUT2D eigenvalue weighted by Gasteiger charge is 2.19. The van der Waals surface area contributed by atoms with Gasteiger partial charge in [0.15, 0.2) is 11.6 Å². The number of methoxy groups -OCH3 is 1. The van der Waals surface area contributed by atoms with E-state index in [4.69, 9.17) is 15.3 Å². The maximum Gasteiger partial charge on any atom is 0.277 e.